The van der Waals surface area contributed by atoms with Gasteiger partial charge in [0.1, 0.15) is 0 Å². The first kappa shape index (κ1) is 20.7. The predicted molar refractivity (Wildman–Crippen MR) is 110 cm³/mol. The van der Waals surface area contributed by atoms with E-state index in [4.69, 9.17) is 4.74 Å². The van der Waals surface area contributed by atoms with Gasteiger partial charge in [0.2, 0.25) is 5.91 Å². The second-order valence-corrected chi connectivity index (χ2v) is 8.65. The van der Waals surface area contributed by atoms with Crippen LogP contribution in [0.1, 0.15) is 51.2 Å². The highest BCUT2D eigenvalue weighted by Crippen LogP contribution is 2.58. The van der Waals surface area contributed by atoms with Crippen molar-refractivity contribution in [1.29, 1.82) is 0 Å². The van der Waals surface area contributed by atoms with Crippen LogP contribution in [0, 0.1) is 23.7 Å². The van der Waals surface area contributed by atoms with Crippen molar-refractivity contribution in [1.82, 2.24) is 10.2 Å². The minimum Gasteiger partial charge on any atom is -0.450 e. The minimum absolute atomic E-state index is 0.166. The van der Waals surface area contributed by atoms with Gasteiger partial charge in [0.05, 0.1) is 12.5 Å². The Bertz CT molecular complexity index is 691. The van der Waals surface area contributed by atoms with Crippen molar-refractivity contribution < 1.29 is 14.3 Å². The van der Waals surface area contributed by atoms with Crippen molar-refractivity contribution in [3.05, 3.63) is 35.4 Å². The highest BCUT2D eigenvalue weighted by molar-refractivity contribution is 5.80. The molecule has 154 valence electrons. The first-order valence-electron chi connectivity index (χ1n) is 10.7. The molecule has 1 heterocycles. The number of ether oxygens (including phenoxy) is 1. The fourth-order valence-electron chi connectivity index (χ4n) is 4.65. The number of nitrogens with one attached hydrogen (secondary N) is 1. The van der Waals surface area contributed by atoms with E-state index >= 15 is 0 Å². The smallest absolute Gasteiger partial charge is 0.407 e. The number of piperidine rings is 1. The molecule has 1 aromatic carbocycles. The molecule has 2 aliphatic rings. The summed E-state index contributed by atoms with van der Waals surface area (Å²) < 4.78 is 4.89. The van der Waals surface area contributed by atoms with Crippen LogP contribution in [0.3, 0.4) is 0 Å². The molecule has 1 saturated heterocycles. The lowest BCUT2D eigenvalue weighted by atomic mass is 9.98. The maximum Gasteiger partial charge on any atom is 0.407 e. The molecule has 0 spiro atoms. The van der Waals surface area contributed by atoms with Crippen molar-refractivity contribution in [3.8, 4) is 0 Å². The maximum absolute atomic E-state index is 12.9. The summed E-state index contributed by atoms with van der Waals surface area (Å²) in [4.78, 5) is 26.4. The van der Waals surface area contributed by atoms with Crippen molar-refractivity contribution in [2.45, 2.75) is 46.5 Å². The second-order valence-electron chi connectivity index (χ2n) is 8.65. The first-order valence-corrected chi connectivity index (χ1v) is 10.7. The third-order valence-corrected chi connectivity index (χ3v) is 6.10. The summed E-state index contributed by atoms with van der Waals surface area (Å²) in [7, 11) is 0. The second kappa shape index (κ2) is 8.97. The zero-order valence-electron chi connectivity index (χ0n) is 17.6. The van der Waals surface area contributed by atoms with Gasteiger partial charge in [-0.1, -0.05) is 45.0 Å². The van der Waals surface area contributed by atoms with Gasteiger partial charge in [-0.2, -0.15) is 0 Å². The van der Waals surface area contributed by atoms with Gasteiger partial charge in [-0.05, 0) is 54.6 Å². The van der Waals surface area contributed by atoms with Crippen LogP contribution in [-0.2, 0) is 16.0 Å². The average Bonchev–Trinajstić information content (AvgIpc) is 3.15. The number of rotatable bonds is 8. The standard InChI is InChI=1S/C23H34N2O3/c1-5-17(12-24-23(27)28-6-2)22(26)25-13-19-20(14-25)21(19)18-9-7-8-16(11-18)10-15(3)4/h7-9,11,15,17,19-21H,5-6,10,12-14H2,1-4H3,(H,24,27)/t17-,19-,20+,21+/m1/s1. The zero-order chi connectivity index (χ0) is 20.3. The van der Waals surface area contributed by atoms with E-state index in [2.05, 4.69) is 43.4 Å². The number of likely N-dealkylation sites (tertiary alicyclic amines) is 1. The third-order valence-electron chi connectivity index (χ3n) is 6.10. The van der Waals surface area contributed by atoms with Crippen molar-refractivity contribution >= 4 is 12.0 Å². The van der Waals surface area contributed by atoms with E-state index in [1.54, 1.807) is 6.92 Å². The fraction of sp³-hybridized carbons (Fsp3) is 0.652. The van der Waals surface area contributed by atoms with E-state index in [0.29, 0.717) is 36.8 Å². The summed E-state index contributed by atoms with van der Waals surface area (Å²) in [5, 5.41) is 2.71. The normalized spacial score (nSPS) is 24.0. The molecular formula is C23H34N2O3. The monoisotopic (exact) mass is 386 g/mol. The Morgan fingerprint density at radius 3 is 2.54 bits per heavy atom. The van der Waals surface area contributed by atoms with Crippen LogP contribution in [0.25, 0.3) is 0 Å². The number of carbonyl (C=O) groups excluding carboxylic acids is 2. The van der Waals surface area contributed by atoms with E-state index in [1.807, 2.05) is 11.8 Å². The van der Waals surface area contributed by atoms with Crippen LogP contribution in [0.2, 0.25) is 0 Å². The van der Waals surface area contributed by atoms with Gasteiger partial charge < -0.3 is 15.0 Å². The summed E-state index contributed by atoms with van der Waals surface area (Å²) in [6.07, 6.45) is 1.39. The topological polar surface area (TPSA) is 58.6 Å². The zero-order valence-corrected chi connectivity index (χ0v) is 17.6. The van der Waals surface area contributed by atoms with E-state index in [9.17, 15) is 9.59 Å². The highest BCUT2D eigenvalue weighted by atomic mass is 16.5. The number of nitrogens with zero attached hydrogens (tertiary/aromatic N) is 1. The Balaban J connectivity index is 1.52. The number of hydrogen-bond donors (Lipinski definition) is 1. The largest absolute Gasteiger partial charge is 0.450 e. The number of amides is 2. The number of hydrogen-bond acceptors (Lipinski definition) is 3. The number of carbonyl (C=O) groups is 2. The lowest BCUT2D eigenvalue weighted by Crippen LogP contribution is -2.41. The molecule has 1 N–H and O–H groups in total. The summed E-state index contributed by atoms with van der Waals surface area (Å²) in [5.74, 6) is 2.45. The summed E-state index contributed by atoms with van der Waals surface area (Å²) in [6.45, 7) is 10.7. The summed E-state index contributed by atoms with van der Waals surface area (Å²) >= 11 is 0. The van der Waals surface area contributed by atoms with Gasteiger partial charge in [-0.3, -0.25) is 4.79 Å². The first-order chi connectivity index (χ1) is 13.4. The quantitative estimate of drug-likeness (QED) is 0.739. The molecule has 4 atom stereocenters. The van der Waals surface area contributed by atoms with Crippen LogP contribution in [0.4, 0.5) is 4.79 Å². The maximum atomic E-state index is 12.9. The summed E-state index contributed by atoms with van der Waals surface area (Å²) in [5.41, 5.74) is 2.86. The molecule has 28 heavy (non-hydrogen) atoms. The molecule has 0 bridgehead atoms. The van der Waals surface area contributed by atoms with Gasteiger partial charge in [-0.15, -0.1) is 0 Å². The molecule has 0 aromatic heterocycles. The van der Waals surface area contributed by atoms with Crippen molar-refractivity contribution in [2.75, 3.05) is 26.2 Å². The van der Waals surface area contributed by atoms with Crippen molar-refractivity contribution in [3.63, 3.8) is 0 Å². The molecule has 1 aromatic rings. The molecule has 3 rings (SSSR count). The van der Waals surface area contributed by atoms with Crippen LogP contribution < -0.4 is 5.32 Å². The van der Waals surface area contributed by atoms with E-state index in [-0.39, 0.29) is 11.8 Å². The Kier molecular flexibility index (Phi) is 6.63. The van der Waals surface area contributed by atoms with Gasteiger partial charge in [0, 0.05) is 19.6 Å². The van der Waals surface area contributed by atoms with Crippen LogP contribution in [0.15, 0.2) is 24.3 Å². The van der Waals surface area contributed by atoms with Gasteiger partial charge in [0.15, 0.2) is 0 Å². The van der Waals surface area contributed by atoms with Gasteiger partial charge in [0.25, 0.3) is 0 Å². The Hall–Kier alpha value is -2.04. The lowest BCUT2D eigenvalue weighted by Gasteiger charge is -2.25. The predicted octanol–water partition coefficient (Wildman–Crippen LogP) is 3.83. The van der Waals surface area contributed by atoms with E-state index in [0.717, 1.165) is 25.9 Å². The average molecular weight is 387 g/mol. The number of benzene rings is 1. The van der Waals surface area contributed by atoms with Crippen LogP contribution in [-0.4, -0.2) is 43.1 Å². The molecule has 0 unspecified atom stereocenters. The van der Waals surface area contributed by atoms with Crippen LogP contribution in [0.5, 0.6) is 0 Å². The third kappa shape index (κ3) is 4.68. The Morgan fingerprint density at radius 2 is 1.93 bits per heavy atom. The molecule has 5 nitrogen and oxygen atoms in total. The summed E-state index contributed by atoms with van der Waals surface area (Å²) in [6, 6.07) is 9.02. The van der Waals surface area contributed by atoms with Crippen molar-refractivity contribution in [2.24, 2.45) is 23.7 Å². The number of fused-ring (bicyclic) bond motifs is 1. The fourth-order valence-corrected chi connectivity index (χ4v) is 4.65. The van der Waals surface area contributed by atoms with Gasteiger partial charge in [-0.25, -0.2) is 4.79 Å². The van der Waals surface area contributed by atoms with E-state index < -0.39 is 6.09 Å². The SMILES string of the molecule is CCOC(=O)NC[C@@H](CC)C(=O)N1C[C@@H]2[C@H](C1)[C@H]2c1cccc(CC(C)C)c1. The minimum atomic E-state index is -0.445. The molecule has 5 heteroatoms. The number of alkyl carbamates (subject to hydrolysis) is 1. The molecule has 1 aliphatic heterocycles. The molecule has 1 aliphatic carbocycles. The van der Waals surface area contributed by atoms with E-state index in [1.165, 1.54) is 11.1 Å². The Morgan fingerprint density at radius 1 is 1.21 bits per heavy atom. The molecule has 1 saturated carbocycles. The molecular weight excluding hydrogens is 352 g/mol. The molecule has 2 amide bonds. The molecule has 2 fully saturated rings. The Labute approximate surface area is 168 Å². The highest BCUT2D eigenvalue weighted by Gasteiger charge is 2.57. The van der Waals surface area contributed by atoms with Gasteiger partial charge >= 0.3 is 6.09 Å². The molecule has 0 radical (unpaired) electrons. The van der Waals surface area contributed by atoms with Crippen LogP contribution >= 0.6 is 0 Å². The lowest BCUT2D eigenvalue weighted by molar-refractivity contribution is -0.135.